The molecule has 5 heteroatoms. The summed E-state index contributed by atoms with van der Waals surface area (Å²) in [6.07, 6.45) is 2.98. The highest BCUT2D eigenvalue weighted by Gasteiger charge is 2.20. The number of nitrogen functional groups attached to an aromatic ring is 1. The van der Waals surface area contributed by atoms with Gasteiger partial charge in [0.05, 0.1) is 12.6 Å². The molecule has 0 radical (unpaired) electrons. The van der Waals surface area contributed by atoms with Crippen molar-refractivity contribution in [2.75, 3.05) is 30.3 Å². The fourth-order valence-corrected chi connectivity index (χ4v) is 3.47. The van der Waals surface area contributed by atoms with Crippen LogP contribution in [0.2, 0.25) is 0 Å². The molecule has 0 bridgehead atoms. The second-order valence-corrected chi connectivity index (χ2v) is 7.28. The molecule has 0 unspecified atom stereocenters. The maximum atomic E-state index is 12.4. The van der Waals surface area contributed by atoms with E-state index in [1.807, 2.05) is 50.2 Å². The molecule has 2 aromatic rings. The number of rotatable bonds is 7. The van der Waals surface area contributed by atoms with Crippen molar-refractivity contribution in [1.82, 2.24) is 5.32 Å². The standard InChI is InChI=1S/C22H29N3O2/c1-16(2)27-18-10-8-17(9-11-18)12-13-24-22(26)15-25-14-4-5-19-20(23)6-3-7-21(19)25/h3,6-11,16H,4-5,12-15,23H2,1-2H3,(H,24,26). The number of hydrogen-bond acceptors (Lipinski definition) is 4. The summed E-state index contributed by atoms with van der Waals surface area (Å²) < 4.78 is 5.65. The first-order chi connectivity index (χ1) is 13.0. The number of ether oxygens (including phenoxy) is 1. The first-order valence-electron chi connectivity index (χ1n) is 9.67. The molecule has 0 aliphatic carbocycles. The summed E-state index contributed by atoms with van der Waals surface area (Å²) in [6.45, 7) is 5.91. The summed E-state index contributed by atoms with van der Waals surface area (Å²) in [5.41, 5.74) is 10.3. The smallest absolute Gasteiger partial charge is 0.239 e. The van der Waals surface area contributed by atoms with Crippen molar-refractivity contribution in [3.8, 4) is 5.75 Å². The monoisotopic (exact) mass is 367 g/mol. The van der Waals surface area contributed by atoms with Crippen molar-refractivity contribution in [2.24, 2.45) is 0 Å². The Balaban J connectivity index is 1.48. The van der Waals surface area contributed by atoms with Crippen LogP contribution in [-0.2, 0) is 17.6 Å². The van der Waals surface area contributed by atoms with E-state index in [9.17, 15) is 4.79 Å². The Bertz CT molecular complexity index is 772. The number of amides is 1. The number of fused-ring (bicyclic) bond motifs is 1. The maximum Gasteiger partial charge on any atom is 0.239 e. The van der Waals surface area contributed by atoms with E-state index in [2.05, 4.69) is 16.3 Å². The molecule has 0 spiro atoms. The second-order valence-electron chi connectivity index (χ2n) is 7.28. The molecule has 1 heterocycles. The van der Waals surface area contributed by atoms with Gasteiger partial charge in [-0.15, -0.1) is 0 Å². The summed E-state index contributed by atoms with van der Waals surface area (Å²) >= 11 is 0. The zero-order valence-corrected chi connectivity index (χ0v) is 16.2. The second kappa shape index (κ2) is 8.80. The zero-order chi connectivity index (χ0) is 19.2. The van der Waals surface area contributed by atoms with Gasteiger partial charge in [0.1, 0.15) is 5.75 Å². The molecule has 1 aliphatic heterocycles. The van der Waals surface area contributed by atoms with Crippen molar-refractivity contribution >= 4 is 17.3 Å². The average molecular weight is 367 g/mol. The molecule has 1 amide bonds. The number of carbonyl (C=O) groups is 1. The number of carbonyl (C=O) groups excluding carboxylic acids is 1. The molecule has 0 atom stereocenters. The van der Waals surface area contributed by atoms with E-state index in [1.165, 1.54) is 11.1 Å². The quantitative estimate of drug-likeness (QED) is 0.738. The predicted molar refractivity (Wildman–Crippen MR) is 110 cm³/mol. The van der Waals surface area contributed by atoms with Crippen molar-refractivity contribution in [3.63, 3.8) is 0 Å². The lowest BCUT2D eigenvalue weighted by Gasteiger charge is -2.31. The summed E-state index contributed by atoms with van der Waals surface area (Å²) in [5, 5.41) is 3.03. The van der Waals surface area contributed by atoms with E-state index in [0.717, 1.165) is 42.9 Å². The van der Waals surface area contributed by atoms with E-state index >= 15 is 0 Å². The molecule has 0 fully saturated rings. The molecule has 0 aromatic heterocycles. The molecule has 1 aliphatic rings. The molecule has 3 rings (SSSR count). The topological polar surface area (TPSA) is 67.6 Å². The van der Waals surface area contributed by atoms with Crippen LogP contribution in [0.3, 0.4) is 0 Å². The lowest BCUT2D eigenvalue weighted by Crippen LogP contribution is -2.40. The van der Waals surface area contributed by atoms with Gasteiger partial charge in [0.2, 0.25) is 5.91 Å². The highest BCUT2D eigenvalue weighted by atomic mass is 16.5. The normalized spacial score (nSPS) is 13.4. The Morgan fingerprint density at radius 1 is 1.22 bits per heavy atom. The highest BCUT2D eigenvalue weighted by molar-refractivity contribution is 5.82. The van der Waals surface area contributed by atoms with Crippen LogP contribution in [0.5, 0.6) is 5.75 Å². The number of nitrogens with two attached hydrogens (primary N) is 1. The first-order valence-corrected chi connectivity index (χ1v) is 9.67. The summed E-state index contributed by atoms with van der Waals surface area (Å²) in [6, 6.07) is 14.0. The van der Waals surface area contributed by atoms with Gasteiger partial charge in [0, 0.05) is 24.5 Å². The van der Waals surface area contributed by atoms with Crippen LogP contribution < -0.4 is 20.7 Å². The maximum absolute atomic E-state index is 12.4. The number of nitrogens with one attached hydrogen (secondary N) is 1. The molecule has 2 aromatic carbocycles. The van der Waals surface area contributed by atoms with E-state index in [-0.39, 0.29) is 12.0 Å². The van der Waals surface area contributed by atoms with Gasteiger partial charge >= 0.3 is 0 Å². The number of nitrogens with zero attached hydrogens (tertiary/aromatic N) is 1. The lowest BCUT2D eigenvalue weighted by atomic mass is 10.00. The number of hydrogen-bond donors (Lipinski definition) is 2. The van der Waals surface area contributed by atoms with Crippen LogP contribution in [0.4, 0.5) is 11.4 Å². The minimum Gasteiger partial charge on any atom is -0.491 e. The minimum absolute atomic E-state index is 0.0463. The van der Waals surface area contributed by atoms with Crippen LogP contribution in [-0.4, -0.2) is 31.6 Å². The van der Waals surface area contributed by atoms with Crippen LogP contribution in [0.25, 0.3) is 0 Å². The van der Waals surface area contributed by atoms with Gasteiger partial charge in [-0.2, -0.15) is 0 Å². The van der Waals surface area contributed by atoms with Gasteiger partial charge in [-0.3, -0.25) is 4.79 Å². The number of anilines is 2. The van der Waals surface area contributed by atoms with Crippen LogP contribution in [0.15, 0.2) is 42.5 Å². The Morgan fingerprint density at radius 2 is 2.00 bits per heavy atom. The predicted octanol–water partition coefficient (Wildman–Crippen LogP) is 3.17. The van der Waals surface area contributed by atoms with Gasteiger partial charge in [-0.05, 0) is 68.5 Å². The molecular formula is C22H29N3O2. The van der Waals surface area contributed by atoms with Gasteiger partial charge in [0.15, 0.2) is 0 Å². The van der Waals surface area contributed by atoms with Gasteiger partial charge < -0.3 is 20.7 Å². The summed E-state index contributed by atoms with van der Waals surface area (Å²) in [7, 11) is 0. The van der Waals surface area contributed by atoms with Gasteiger partial charge in [-0.25, -0.2) is 0 Å². The third-order valence-corrected chi connectivity index (χ3v) is 4.75. The Kier molecular flexibility index (Phi) is 6.22. The molecule has 144 valence electrons. The largest absolute Gasteiger partial charge is 0.491 e. The van der Waals surface area contributed by atoms with E-state index in [4.69, 9.17) is 10.5 Å². The zero-order valence-electron chi connectivity index (χ0n) is 16.2. The molecule has 27 heavy (non-hydrogen) atoms. The summed E-state index contributed by atoms with van der Waals surface area (Å²) in [5.74, 6) is 0.922. The van der Waals surface area contributed by atoms with Crippen molar-refractivity contribution in [1.29, 1.82) is 0 Å². The Labute approximate surface area is 161 Å². The lowest BCUT2D eigenvalue weighted by molar-refractivity contribution is -0.119. The minimum atomic E-state index is 0.0463. The van der Waals surface area contributed by atoms with Crippen molar-refractivity contribution in [3.05, 3.63) is 53.6 Å². The Morgan fingerprint density at radius 3 is 2.74 bits per heavy atom. The third kappa shape index (κ3) is 5.16. The van der Waals surface area contributed by atoms with Crippen LogP contribution in [0, 0.1) is 0 Å². The summed E-state index contributed by atoms with van der Waals surface area (Å²) in [4.78, 5) is 14.5. The third-order valence-electron chi connectivity index (χ3n) is 4.75. The number of benzene rings is 2. The molecule has 3 N–H and O–H groups in total. The molecule has 0 saturated carbocycles. The van der Waals surface area contributed by atoms with E-state index in [0.29, 0.717) is 13.1 Å². The Hall–Kier alpha value is -2.69. The van der Waals surface area contributed by atoms with E-state index < -0.39 is 0 Å². The van der Waals surface area contributed by atoms with Gasteiger partial charge in [0.25, 0.3) is 0 Å². The molecule has 5 nitrogen and oxygen atoms in total. The first kappa shape index (κ1) is 19.1. The van der Waals surface area contributed by atoms with E-state index in [1.54, 1.807) is 0 Å². The van der Waals surface area contributed by atoms with Crippen molar-refractivity contribution < 1.29 is 9.53 Å². The molecular weight excluding hydrogens is 338 g/mol. The van der Waals surface area contributed by atoms with Crippen molar-refractivity contribution in [2.45, 2.75) is 39.2 Å². The van der Waals surface area contributed by atoms with Crippen LogP contribution in [0.1, 0.15) is 31.4 Å². The fraction of sp³-hybridized carbons (Fsp3) is 0.409. The van der Waals surface area contributed by atoms with Gasteiger partial charge in [-0.1, -0.05) is 18.2 Å². The SMILES string of the molecule is CC(C)Oc1ccc(CCNC(=O)CN2CCCc3c(N)cccc32)cc1. The molecule has 0 saturated heterocycles. The highest BCUT2D eigenvalue weighted by Crippen LogP contribution is 2.30. The van der Waals surface area contributed by atoms with Crippen LogP contribution >= 0.6 is 0 Å². The fourth-order valence-electron chi connectivity index (χ4n) is 3.47. The average Bonchev–Trinajstić information content (AvgIpc) is 2.64.